The SMILES string of the molecule is CSc1nc2c(c(Nc3ccccc3C)n1)CCC2. The van der Waals surface area contributed by atoms with E-state index >= 15 is 0 Å². The summed E-state index contributed by atoms with van der Waals surface area (Å²) >= 11 is 1.60. The fourth-order valence-electron chi connectivity index (χ4n) is 2.45. The number of hydrogen-bond donors (Lipinski definition) is 1. The van der Waals surface area contributed by atoms with Crippen molar-refractivity contribution in [3.05, 3.63) is 41.1 Å². The van der Waals surface area contributed by atoms with Crippen LogP contribution in [0.2, 0.25) is 0 Å². The average Bonchev–Trinajstić information content (AvgIpc) is 2.89. The summed E-state index contributed by atoms with van der Waals surface area (Å²) in [6.07, 6.45) is 5.37. The number of nitrogens with one attached hydrogen (secondary N) is 1. The Hall–Kier alpha value is -1.55. The fourth-order valence-corrected chi connectivity index (χ4v) is 2.83. The van der Waals surface area contributed by atoms with E-state index in [9.17, 15) is 0 Å². The van der Waals surface area contributed by atoms with Gasteiger partial charge < -0.3 is 5.32 Å². The highest BCUT2D eigenvalue weighted by Crippen LogP contribution is 2.30. The van der Waals surface area contributed by atoms with Gasteiger partial charge in [0, 0.05) is 11.3 Å². The highest BCUT2D eigenvalue weighted by Gasteiger charge is 2.19. The van der Waals surface area contributed by atoms with Gasteiger partial charge in [0.1, 0.15) is 5.82 Å². The van der Waals surface area contributed by atoms with Crippen LogP contribution in [-0.4, -0.2) is 16.2 Å². The predicted octanol–water partition coefficient (Wildman–Crippen LogP) is 3.74. The van der Waals surface area contributed by atoms with E-state index in [2.05, 4.69) is 40.4 Å². The molecular weight excluding hydrogens is 254 g/mol. The van der Waals surface area contributed by atoms with Gasteiger partial charge in [-0.3, -0.25) is 0 Å². The summed E-state index contributed by atoms with van der Waals surface area (Å²) in [5.41, 5.74) is 4.87. The summed E-state index contributed by atoms with van der Waals surface area (Å²) in [6.45, 7) is 2.11. The Morgan fingerprint density at radius 3 is 2.79 bits per heavy atom. The van der Waals surface area contributed by atoms with Gasteiger partial charge in [-0.2, -0.15) is 0 Å². The number of aryl methyl sites for hydroxylation is 2. The van der Waals surface area contributed by atoms with Gasteiger partial charge in [-0.25, -0.2) is 9.97 Å². The molecule has 19 heavy (non-hydrogen) atoms. The number of rotatable bonds is 3. The topological polar surface area (TPSA) is 37.8 Å². The van der Waals surface area contributed by atoms with Crippen molar-refractivity contribution in [2.75, 3.05) is 11.6 Å². The maximum atomic E-state index is 4.64. The second kappa shape index (κ2) is 5.21. The first-order valence-electron chi connectivity index (χ1n) is 6.54. The standard InChI is InChI=1S/C15H17N3S/c1-10-6-3-4-8-12(10)16-14-11-7-5-9-13(11)17-15(18-14)19-2/h3-4,6,8H,5,7,9H2,1-2H3,(H,16,17,18). The monoisotopic (exact) mass is 271 g/mol. The zero-order valence-electron chi connectivity index (χ0n) is 11.2. The molecule has 4 heteroatoms. The minimum absolute atomic E-state index is 0.858. The number of aromatic nitrogens is 2. The maximum absolute atomic E-state index is 4.64. The Balaban J connectivity index is 2.01. The molecule has 0 amide bonds. The Morgan fingerprint density at radius 1 is 1.16 bits per heavy atom. The van der Waals surface area contributed by atoms with Crippen molar-refractivity contribution in [1.82, 2.24) is 9.97 Å². The molecule has 1 aromatic carbocycles. The van der Waals surface area contributed by atoms with Gasteiger partial charge in [-0.1, -0.05) is 30.0 Å². The molecular formula is C15H17N3S. The Kier molecular flexibility index (Phi) is 3.42. The number of para-hydroxylation sites is 1. The normalized spacial score (nSPS) is 13.4. The number of benzene rings is 1. The Bertz CT molecular complexity index is 610. The molecule has 0 atom stereocenters. The first-order valence-corrected chi connectivity index (χ1v) is 7.77. The lowest BCUT2D eigenvalue weighted by atomic mass is 10.2. The minimum atomic E-state index is 0.858. The number of fused-ring (bicyclic) bond motifs is 1. The Labute approximate surface area is 117 Å². The molecule has 2 aromatic rings. The molecule has 1 aromatic heterocycles. The van der Waals surface area contributed by atoms with Gasteiger partial charge in [-0.05, 0) is 44.1 Å². The van der Waals surface area contributed by atoms with E-state index in [0.29, 0.717) is 0 Å². The zero-order valence-corrected chi connectivity index (χ0v) is 12.0. The van der Waals surface area contributed by atoms with E-state index in [-0.39, 0.29) is 0 Å². The highest BCUT2D eigenvalue weighted by atomic mass is 32.2. The van der Waals surface area contributed by atoms with Crippen LogP contribution in [0.1, 0.15) is 23.2 Å². The molecule has 0 bridgehead atoms. The third-order valence-electron chi connectivity index (χ3n) is 3.49. The summed E-state index contributed by atoms with van der Waals surface area (Å²) in [5, 5.41) is 4.34. The van der Waals surface area contributed by atoms with Crippen LogP contribution >= 0.6 is 11.8 Å². The number of anilines is 2. The average molecular weight is 271 g/mol. The molecule has 98 valence electrons. The van der Waals surface area contributed by atoms with Gasteiger partial charge >= 0.3 is 0 Å². The van der Waals surface area contributed by atoms with Crippen molar-refractivity contribution < 1.29 is 0 Å². The molecule has 0 saturated carbocycles. The third kappa shape index (κ3) is 2.45. The molecule has 3 nitrogen and oxygen atoms in total. The van der Waals surface area contributed by atoms with Crippen LogP contribution in [0.4, 0.5) is 11.5 Å². The molecule has 1 aliphatic carbocycles. The molecule has 1 N–H and O–H groups in total. The lowest BCUT2D eigenvalue weighted by Gasteiger charge is -2.13. The van der Waals surface area contributed by atoms with Gasteiger partial charge in [0.2, 0.25) is 0 Å². The number of hydrogen-bond acceptors (Lipinski definition) is 4. The molecule has 3 rings (SSSR count). The first-order chi connectivity index (χ1) is 9.28. The second-order valence-corrected chi connectivity index (χ2v) is 5.55. The summed E-state index contributed by atoms with van der Waals surface area (Å²) in [6, 6.07) is 8.31. The molecule has 0 radical (unpaired) electrons. The summed E-state index contributed by atoms with van der Waals surface area (Å²) in [5.74, 6) is 0.987. The van der Waals surface area contributed by atoms with E-state index in [1.54, 1.807) is 11.8 Å². The smallest absolute Gasteiger partial charge is 0.189 e. The van der Waals surface area contributed by atoms with Crippen LogP contribution < -0.4 is 5.32 Å². The minimum Gasteiger partial charge on any atom is -0.340 e. The van der Waals surface area contributed by atoms with Gasteiger partial charge in [0.05, 0.1) is 5.69 Å². The molecule has 1 aliphatic rings. The quantitative estimate of drug-likeness (QED) is 0.681. The van der Waals surface area contributed by atoms with Gasteiger partial charge in [-0.15, -0.1) is 0 Å². The van der Waals surface area contributed by atoms with Crippen molar-refractivity contribution in [2.45, 2.75) is 31.3 Å². The number of thioether (sulfide) groups is 1. The molecule has 0 fully saturated rings. The fraction of sp³-hybridized carbons (Fsp3) is 0.333. The van der Waals surface area contributed by atoms with E-state index in [4.69, 9.17) is 0 Å². The Morgan fingerprint density at radius 2 is 2.00 bits per heavy atom. The second-order valence-electron chi connectivity index (χ2n) is 4.78. The van der Waals surface area contributed by atoms with Crippen LogP contribution in [0.5, 0.6) is 0 Å². The van der Waals surface area contributed by atoms with E-state index in [0.717, 1.165) is 29.5 Å². The molecule has 1 heterocycles. The van der Waals surface area contributed by atoms with Crippen LogP contribution in [-0.2, 0) is 12.8 Å². The summed E-state index contributed by atoms with van der Waals surface area (Å²) in [4.78, 5) is 9.25. The van der Waals surface area contributed by atoms with Crippen LogP contribution in [0, 0.1) is 6.92 Å². The summed E-state index contributed by atoms with van der Waals surface area (Å²) in [7, 11) is 0. The van der Waals surface area contributed by atoms with Crippen LogP contribution in [0.25, 0.3) is 0 Å². The molecule has 0 spiro atoms. The van der Waals surface area contributed by atoms with Crippen LogP contribution in [0.15, 0.2) is 29.4 Å². The van der Waals surface area contributed by atoms with E-state index in [1.807, 2.05) is 12.3 Å². The van der Waals surface area contributed by atoms with Gasteiger partial charge in [0.25, 0.3) is 0 Å². The molecule has 0 saturated heterocycles. The van der Waals surface area contributed by atoms with Gasteiger partial charge in [0.15, 0.2) is 5.16 Å². The van der Waals surface area contributed by atoms with Crippen molar-refractivity contribution in [3.63, 3.8) is 0 Å². The van der Waals surface area contributed by atoms with Crippen molar-refractivity contribution in [1.29, 1.82) is 0 Å². The van der Waals surface area contributed by atoms with E-state index < -0.39 is 0 Å². The summed E-state index contributed by atoms with van der Waals surface area (Å²) < 4.78 is 0. The third-order valence-corrected chi connectivity index (χ3v) is 4.04. The molecule has 0 unspecified atom stereocenters. The van der Waals surface area contributed by atoms with E-state index in [1.165, 1.54) is 23.2 Å². The molecule has 0 aliphatic heterocycles. The first kappa shape index (κ1) is 12.5. The van der Waals surface area contributed by atoms with Crippen molar-refractivity contribution >= 4 is 23.3 Å². The van der Waals surface area contributed by atoms with Crippen molar-refractivity contribution in [3.8, 4) is 0 Å². The maximum Gasteiger partial charge on any atom is 0.189 e. The lowest BCUT2D eigenvalue weighted by molar-refractivity contribution is 0.879. The predicted molar refractivity (Wildman–Crippen MR) is 80.3 cm³/mol. The number of nitrogens with zero attached hydrogens (tertiary/aromatic N) is 2. The van der Waals surface area contributed by atoms with Crippen molar-refractivity contribution in [2.24, 2.45) is 0 Å². The van der Waals surface area contributed by atoms with Crippen LogP contribution in [0.3, 0.4) is 0 Å². The largest absolute Gasteiger partial charge is 0.340 e. The highest BCUT2D eigenvalue weighted by molar-refractivity contribution is 7.98. The zero-order chi connectivity index (χ0) is 13.2. The lowest BCUT2D eigenvalue weighted by Crippen LogP contribution is -2.03.